The lowest BCUT2D eigenvalue weighted by molar-refractivity contribution is 0.101. The fourth-order valence-electron chi connectivity index (χ4n) is 2.59. The molecule has 0 aliphatic heterocycles. The van der Waals surface area contributed by atoms with Crippen LogP contribution in [0, 0.1) is 0 Å². The molecule has 124 valence electrons. The molecule has 2 aromatic carbocycles. The van der Waals surface area contributed by atoms with E-state index in [4.69, 9.17) is 4.42 Å². The summed E-state index contributed by atoms with van der Waals surface area (Å²) in [6.45, 7) is 1.32. The van der Waals surface area contributed by atoms with E-state index < -0.39 is 5.63 Å². The summed E-state index contributed by atoms with van der Waals surface area (Å²) >= 11 is 0. The van der Waals surface area contributed by atoms with Gasteiger partial charge in [-0.3, -0.25) is 4.79 Å². The molecular formula is C21H16O4. The van der Waals surface area contributed by atoms with E-state index in [0.717, 1.165) is 5.56 Å². The van der Waals surface area contributed by atoms with Crippen LogP contribution < -0.4 is 5.63 Å². The Hall–Kier alpha value is -3.40. The van der Waals surface area contributed by atoms with Crippen molar-refractivity contribution >= 4 is 17.9 Å². The monoisotopic (exact) mass is 332 g/mol. The highest BCUT2D eigenvalue weighted by molar-refractivity contribution is 6.02. The molecule has 0 bridgehead atoms. The summed E-state index contributed by atoms with van der Waals surface area (Å²) in [6, 6.07) is 18.0. The molecule has 0 atom stereocenters. The first kappa shape index (κ1) is 16.5. The van der Waals surface area contributed by atoms with Gasteiger partial charge in [0.1, 0.15) is 22.6 Å². The van der Waals surface area contributed by atoms with E-state index in [-0.39, 0.29) is 28.4 Å². The maximum atomic E-state index is 12.4. The summed E-state index contributed by atoms with van der Waals surface area (Å²) in [5.74, 6) is -0.702. The Labute approximate surface area is 144 Å². The van der Waals surface area contributed by atoms with E-state index in [1.54, 1.807) is 36.4 Å². The zero-order chi connectivity index (χ0) is 17.8. The molecule has 3 rings (SSSR count). The molecule has 1 aromatic heterocycles. The lowest BCUT2D eigenvalue weighted by Crippen LogP contribution is -2.09. The normalized spacial score (nSPS) is 10.9. The predicted molar refractivity (Wildman–Crippen MR) is 97.5 cm³/mol. The number of aromatic hydroxyl groups is 1. The molecule has 0 unspecified atom stereocenters. The van der Waals surface area contributed by atoms with Crippen LogP contribution in [0.4, 0.5) is 0 Å². The Kier molecular flexibility index (Phi) is 4.61. The van der Waals surface area contributed by atoms with Gasteiger partial charge in [-0.1, -0.05) is 66.7 Å². The first-order valence-corrected chi connectivity index (χ1v) is 7.77. The fourth-order valence-corrected chi connectivity index (χ4v) is 2.59. The van der Waals surface area contributed by atoms with Crippen molar-refractivity contribution in [3.63, 3.8) is 0 Å². The number of hydrogen-bond donors (Lipinski definition) is 1. The Bertz CT molecular complexity index is 984. The van der Waals surface area contributed by atoms with E-state index >= 15 is 0 Å². The predicted octanol–water partition coefficient (Wildman–Crippen LogP) is 4.39. The van der Waals surface area contributed by atoms with Gasteiger partial charge in [0, 0.05) is 0 Å². The molecule has 4 heteroatoms. The molecule has 0 amide bonds. The molecule has 0 radical (unpaired) electrons. The number of carbonyl (C=O) groups excluding carboxylic acids is 1. The third kappa shape index (κ3) is 3.43. The Morgan fingerprint density at radius 1 is 0.960 bits per heavy atom. The molecule has 0 aliphatic carbocycles. The van der Waals surface area contributed by atoms with Crippen LogP contribution in [0.3, 0.4) is 0 Å². The second kappa shape index (κ2) is 7.01. The molecule has 0 fully saturated rings. The SMILES string of the molecule is CC(=O)c1c(/C=C/c2ccccc2)oc(=O)c(-c2ccccc2)c1O. The van der Waals surface area contributed by atoms with Crippen molar-refractivity contribution in [3.05, 3.63) is 88.0 Å². The van der Waals surface area contributed by atoms with Crippen LogP contribution >= 0.6 is 0 Å². The van der Waals surface area contributed by atoms with Crippen LogP contribution in [0.15, 0.2) is 69.9 Å². The maximum absolute atomic E-state index is 12.4. The van der Waals surface area contributed by atoms with Crippen LogP contribution in [-0.4, -0.2) is 10.9 Å². The quantitative estimate of drug-likeness (QED) is 0.720. The molecule has 3 aromatic rings. The summed E-state index contributed by atoms with van der Waals surface area (Å²) in [5.41, 5.74) is 0.663. The molecule has 1 N–H and O–H groups in total. The molecule has 0 aliphatic rings. The molecule has 0 saturated heterocycles. The first-order valence-electron chi connectivity index (χ1n) is 7.77. The second-order valence-electron chi connectivity index (χ2n) is 5.52. The highest BCUT2D eigenvalue weighted by Crippen LogP contribution is 2.32. The average Bonchev–Trinajstić information content (AvgIpc) is 2.61. The smallest absolute Gasteiger partial charge is 0.347 e. The minimum absolute atomic E-state index is 0.00867. The van der Waals surface area contributed by atoms with Crippen LogP contribution in [0.1, 0.15) is 28.6 Å². The summed E-state index contributed by atoms with van der Waals surface area (Å²) in [4.78, 5) is 24.4. The number of hydrogen-bond acceptors (Lipinski definition) is 4. The summed E-state index contributed by atoms with van der Waals surface area (Å²) in [7, 11) is 0. The minimum Gasteiger partial charge on any atom is -0.506 e. The van der Waals surface area contributed by atoms with E-state index in [1.165, 1.54) is 13.0 Å². The Morgan fingerprint density at radius 3 is 2.16 bits per heavy atom. The first-order chi connectivity index (χ1) is 12.1. The third-order valence-corrected chi connectivity index (χ3v) is 3.77. The molecule has 4 nitrogen and oxygen atoms in total. The lowest BCUT2D eigenvalue weighted by atomic mass is 10.0. The van der Waals surface area contributed by atoms with Gasteiger partial charge in [0.2, 0.25) is 0 Å². The average molecular weight is 332 g/mol. The van der Waals surface area contributed by atoms with Crippen molar-refractivity contribution < 1.29 is 14.3 Å². The number of ketones is 1. The second-order valence-corrected chi connectivity index (χ2v) is 5.52. The van der Waals surface area contributed by atoms with Gasteiger partial charge in [-0.2, -0.15) is 0 Å². The molecule has 25 heavy (non-hydrogen) atoms. The minimum atomic E-state index is -0.693. The molecular weight excluding hydrogens is 316 g/mol. The highest BCUT2D eigenvalue weighted by atomic mass is 16.4. The van der Waals surface area contributed by atoms with E-state index in [1.807, 2.05) is 30.3 Å². The van der Waals surface area contributed by atoms with Crippen LogP contribution in [0.5, 0.6) is 5.75 Å². The summed E-state index contributed by atoms with van der Waals surface area (Å²) < 4.78 is 5.33. The molecule has 1 heterocycles. The Balaban J connectivity index is 2.16. The van der Waals surface area contributed by atoms with Crippen LogP contribution in [-0.2, 0) is 0 Å². The maximum Gasteiger partial charge on any atom is 0.347 e. The van der Waals surface area contributed by atoms with Crippen molar-refractivity contribution in [1.82, 2.24) is 0 Å². The van der Waals surface area contributed by atoms with E-state index in [0.29, 0.717) is 5.56 Å². The van der Waals surface area contributed by atoms with E-state index in [2.05, 4.69) is 0 Å². The van der Waals surface area contributed by atoms with Gasteiger partial charge >= 0.3 is 5.63 Å². The van der Waals surface area contributed by atoms with E-state index in [9.17, 15) is 14.7 Å². The van der Waals surface area contributed by atoms with Gasteiger partial charge in [0.25, 0.3) is 0 Å². The molecule has 0 spiro atoms. The summed E-state index contributed by atoms with van der Waals surface area (Å²) in [5, 5.41) is 10.6. The van der Waals surface area contributed by atoms with Gasteiger partial charge in [0.15, 0.2) is 5.78 Å². The third-order valence-electron chi connectivity index (χ3n) is 3.77. The standard InChI is InChI=1S/C21H16O4/c1-14(22)18-17(13-12-15-8-4-2-5-9-15)25-21(24)19(20(18)23)16-10-6-3-7-11-16/h2-13,23H,1H3/b13-12+. The van der Waals surface area contributed by atoms with Gasteiger partial charge < -0.3 is 9.52 Å². The highest BCUT2D eigenvalue weighted by Gasteiger charge is 2.22. The number of benzene rings is 2. The number of carbonyl (C=O) groups is 1. The fraction of sp³-hybridized carbons (Fsp3) is 0.0476. The lowest BCUT2D eigenvalue weighted by Gasteiger charge is -2.09. The number of rotatable bonds is 4. The van der Waals surface area contributed by atoms with Crippen molar-refractivity contribution in [2.75, 3.05) is 0 Å². The van der Waals surface area contributed by atoms with Crippen molar-refractivity contribution in [3.8, 4) is 16.9 Å². The van der Waals surface area contributed by atoms with Crippen LogP contribution in [0.25, 0.3) is 23.3 Å². The van der Waals surface area contributed by atoms with Gasteiger partial charge in [-0.25, -0.2) is 4.79 Å². The zero-order valence-electron chi connectivity index (χ0n) is 13.6. The summed E-state index contributed by atoms with van der Waals surface area (Å²) in [6.07, 6.45) is 3.23. The number of Topliss-reactive ketones (excluding diaryl/α,β-unsaturated/α-hetero) is 1. The van der Waals surface area contributed by atoms with Crippen molar-refractivity contribution in [1.29, 1.82) is 0 Å². The van der Waals surface area contributed by atoms with Crippen molar-refractivity contribution in [2.45, 2.75) is 6.92 Å². The van der Waals surface area contributed by atoms with Crippen LogP contribution in [0.2, 0.25) is 0 Å². The molecule has 0 saturated carbocycles. The largest absolute Gasteiger partial charge is 0.506 e. The van der Waals surface area contributed by atoms with Gasteiger partial charge in [-0.15, -0.1) is 0 Å². The van der Waals surface area contributed by atoms with Gasteiger partial charge in [0.05, 0.1) is 0 Å². The zero-order valence-corrected chi connectivity index (χ0v) is 13.6. The van der Waals surface area contributed by atoms with Gasteiger partial charge in [-0.05, 0) is 24.1 Å². The Morgan fingerprint density at radius 2 is 1.56 bits per heavy atom. The topological polar surface area (TPSA) is 67.5 Å². The van der Waals surface area contributed by atoms with Crippen molar-refractivity contribution in [2.24, 2.45) is 0 Å².